The second-order valence-corrected chi connectivity index (χ2v) is 4.17. The van der Waals surface area contributed by atoms with Crippen molar-refractivity contribution in [2.24, 2.45) is 0 Å². The molecule has 1 N–H and O–H groups in total. The van der Waals surface area contributed by atoms with Crippen LogP contribution in [0.15, 0.2) is 18.3 Å². The van der Waals surface area contributed by atoms with Gasteiger partial charge in [-0.2, -0.15) is 0 Å². The molecule has 3 nitrogen and oxygen atoms in total. The minimum absolute atomic E-state index is 0.495. The lowest BCUT2D eigenvalue weighted by molar-refractivity contribution is 0.790. The molecule has 1 heterocycles. The molecule has 0 aliphatic heterocycles. The Morgan fingerprint density at radius 1 is 1.56 bits per heavy atom. The summed E-state index contributed by atoms with van der Waals surface area (Å²) in [7, 11) is 1.82. The molecule has 1 aromatic rings. The number of thiocarbonyl (C=S) groups is 1. The molecule has 0 fully saturated rings. The van der Waals surface area contributed by atoms with Crippen molar-refractivity contribution in [2.45, 2.75) is 19.8 Å². The lowest BCUT2D eigenvalue weighted by atomic mass is 10.3. The van der Waals surface area contributed by atoms with Crippen LogP contribution in [0.1, 0.15) is 19.8 Å². The Kier molecular flexibility index (Phi) is 5.49. The molecule has 16 heavy (non-hydrogen) atoms. The molecule has 0 bridgehead atoms. The van der Waals surface area contributed by atoms with Gasteiger partial charge >= 0.3 is 0 Å². The van der Waals surface area contributed by atoms with E-state index in [4.69, 9.17) is 23.8 Å². The Bertz CT molecular complexity index is 340. The van der Waals surface area contributed by atoms with E-state index in [0.29, 0.717) is 10.3 Å². The highest BCUT2D eigenvalue weighted by Crippen LogP contribution is 2.16. The smallest absolute Gasteiger partial charge is 0.173 e. The van der Waals surface area contributed by atoms with Crippen molar-refractivity contribution in [2.75, 3.05) is 18.5 Å². The van der Waals surface area contributed by atoms with Crippen molar-refractivity contribution in [3.8, 4) is 0 Å². The maximum atomic E-state index is 5.76. The molecular formula is C11H16ClN3S. The summed E-state index contributed by atoms with van der Waals surface area (Å²) in [5.41, 5.74) is 0.970. The number of hydrogen-bond acceptors (Lipinski definition) is 2. The normalized spacial score (nSPS) is 9.94. The zero-order valence-electron chi connectivity index (χ0n) is 9.53. The molecule has 0 amide bonds. The molecule has 1 rings (SSSR count). The van der Waals surface area contributed by atoms with E-state index in [1.165, 1.54) is 0 Å². The van der Waals surface area contributed by atoms with Crippen LogP contribution >= 0.6 is 23.8 Å². The predicted molar refractivity (Wildman–Crippen MR) is 73.2 cm³/mol. The summed E-state index contributed by atoms with van der Waals surface area (Å²) in [5.74, 6) is 0. The van der Waals surface area contributed by atoms with Crippen molar-refractivity contribution in [3.05, 3.63) is 23.5 Å². The molecule has 0 aliphatic carbocycles. The van der Waals surface area contributed by atoms with Crippen molar-refractivity contribution in [1.82, 2.24) is 10.3 Å². The fraction of sp³-hybridized carbons (Fsp3) is 0.455. The van der Waals surface area contributed by atoms with Crippen LogP contribution in [0.3, 0.4) is 0 Å². The first-order valence-electron chi connectivity index (χ1n) is 5.29. The van der Waals surface area contributed by atoms with E-state index in [-0.39, 0.29) is 0 Å². The topological polar surface area (TPSA) is 28.2 Å². The minimum Gasteiger partial charge on any atom is -0.365 e. The molecule has 88 valence electrons. The molecule has 5 heteroatoms. The summed E-state index contributed by atoms with van der Waals surface area (Å²) in [6, 6.07) is 3.70. The lowest BCUT2D eigenvalue weighted by Crippen LogP contribution is -2.38. The van der Waals surface area contributed by atoms with Crippen molar-refractivity contribution in [3.63, 3.8) is 0 Å². The van der Waals surface area contributed by atoms with E-state index in [1.54, 1.807) is 12.3 Å². The van der Waals surface area contributed by atoms with Crippen molar-refractivity contribution >= 4 is 34.6 Å². The highest BCUT2D eigenvalue weighted by Gasteiger charge is 2.10. The summed E-state index contributed by atoms with van der Waals surface area (Å²) in [5, 5.41) is 4.18. The third-order valence-electron chi connectivity index (χ3n) is 2.22. The Morgan fingerprint density at radius 2 is 2.31 bits per heavy atom. The number of nitrogens with one attached hydrogen (secondary N) is 1. The van der Waals surface area contributed by atoms with Gasteiger partial charge in [-0.25, -0.2) is 4.98 Å². The number of halogens is 1. The van der Waals surface area contributed by atoms with Gasteiger partial charge in [-0.15, -0.1) is 0 Å². The molecule has 0 spiro atoms. The van der Waals surface area contributed by atoms with E-state index >= 15 is 0 Å². The second-order valence-electron chi connectivity index (χ2n) is 3.40. The monoisotopic (exact) mass is 257 g/mol. The maximum Gasteiger partial charge on any atom is 0.173 e. The van der Waals surface area contributed by atoms with Crippen LogP contribution in [0.25, 0.3) is 0 Å². The average molecular weight is 258 g/mol. The number of nitrogens with zero attached hydrogens (tertiary/aromatic N) is 2. The summed E-state index contributed by atoms with van der Waals surface area (Å²) in [6.07, 6.45) is 3.95. The molecule has 0 aliphatic rings. The van der Waals surface area contributed by atoms with Crippen molar-refractivity contribution in [1.29, 1.82) is 0 Å². The van der Waals surface area contributed by atoms with Gasteiger partial charge in [0.05, 0.1) is 11.9 Å². The van der Waals surface area contributed by atoms with Crippen LogP contribution in [0.4, 0.5) is 5.69 Å². The number of pyridine rings is 1. The number of aromatic nitrogens is 1. The van der Waals surface area contributed by atoms with E-state index in [0.717, 1.165) is 25.1 Å². The molecule has 0 unspecified atom stereocenters. The summed E-state index contributed by atoms with van der Waals surface area (Å²) >= 11 is 11.0. The van der Waals surface area contributed by atoms with Crippen molar-refractivity contribution < 1.29 is 0 Å². The Labute approximate surface area is 107 Å². The van der Waals surface area contributed by atoms with Gasteiger partial charge in [0.2, 0.25) is 0 Å². The molecule has 0 saturated heterocycles. The Balaban J connectivity index is 2.82. The van der Waals surface area contributed by atoms with E-state index in [1.807, 2.05) is 18.0 Å². The third kappa shape index (κ3) is 3.61. The van der Waals surface area contributed by atoms with Gasteiger partial charge in [0.1, 0.15) is 5.15 Å². The van der Waals surface area contributed by atoms with Gasteiger partial charge in [0, 0.05) is 13.6 Å². The van der Waals surface area contributed by atoms with E-state index in [2.05, 4.69) is 17.2 Å². The van der Waals surface area contributed by atoms with Crippen LogP contribution in [-0.2, 0) is 0 Å². The molecule has 0 atom stereocenters. The molecule has 0 saturated carbocycles. The zero-order chi connectivity index (χ0) is 12.0. The van der Waals surface area contributed by atoms with E-state index < -0.39 is 0 Å². The number of unbranched alkanes of at least 4 members (excludes halogenated alkanes) is 1. The van der Waals surface area contributed by atoms with Crippen LogP contribution < -0.4 is 10.2 Å². The molecule has 1 aromatic heterocycles. The minimum atomic E-state index is 0.495. The van der Waals surface area contributed by atoms with Gasteiger partial charge in [-0.3, -0.25) is 0 Å². The quantitative estimate of drug-likeness (QED) is 0.663. The predicted octanol–water partition coefficient (Wildman–Crippen LogP) is 2.85. The van der Waals surface area contributed by atoms with Gasteiger partial charge < -0.3 is 10.2 Å². The SMILES string of the molecule is CCCCN(C(=S)NC)c1ccc(Cl)nc1. The van der Waals surface area contributed by atoms with Crippen LogP contribution in [-0.4, -0.2) is 23.7 Å². The van der Waals surface area contributed by atoms with Gasteiger partial charge in [-0.05, 0) is 30.8 Å². The van der Waals surface area contributed by atoms with Gasteiger partial charge in [0.25, 0.3) is 0 Å². The number of hydrogen-bond donors (Lipinski definition) is 1. The molecule has 0 radical (unpaired) electrons. The van der Waals surface area contributed by atoms with Gasteiger partial charge in [-0.1, -0.05) is 24.9 Å². The molecule has 0 aromatic carbocycles. The standard InChI is InChI=1S/C11H16ClN3S/c1-3-4-7-15(11(16)13-2)9-5-6-10(12)14-8-9/h5-6,8H,3-4,7H2,1-2H3,(H,13,16). The average Bonchev–Trinajstić information content (AvgIpc) is 2.31. The lowest BCUT2D eigenvalue weighted by Gasteiger charge is -2.24. The highest BCUT2D eigenvalue weighted by molar-refractivity contribution is 7.80. The zero-order valence-corrected chi connectivity index (χ0v) is 11.1. The van der Waals surface area contributed by atoms with Gasteiger partial charge in [0.15, 0.2) is 5.11 Å². The fourth-order valence-corrected chi connectivity index (χ4v) is 1.64. The first kappa shape index (κ1) is 13.2. The fourth-order valence-electron chi connectivity index (χ4n) is 1.33. The first-order chi connectivity index (χ1) is 7.69. The summed E-state index contributed by atoms with van der Waals surface area (Å²) in [6.45, 7) is 3.04. The summed E-state index contributed by atoms with van der Waals surface area (Å²) in [4.78, 5) is 6.09. The third-order valence-corrected chi connectivity index (χ3v) is 2.87. The Hall–Kier alpha value is -0.870. The van der Waals surface area contributed by atoms with E-state index in [9.17, 15) is 0 Å². The maximum absolute atomic E-state index is 5.76. The highest BCUT2D eigenvalue weighted by atomic mass is 35.5. The number of rotatable bonds is 4. The molecular weight excluding hydrogens is 242 g/mol. The first-order valence-corrected chi connectivity index (χ1v) is 6.08. The Morgan fingerprint density at radius 3 is 2.81 bits per heavy atom. The summed E-state index contributed by atoms with van der Waals surface area (Å²) < 4.78 is 0. The van der Waals surface area contributed by atoms with Crippen LogP contribution in [0, 0.1) is 0 Å². The number of anilines is 1. The largest absolute Gasteiger partial charge is 0.365 e. The van der Waals surface area contributed by atoms with Crippen LogP contribution in [0.2, 0.25) is 5.15 Å². The second kappa shape index (κ2) is 6.66. The van der Waals surface area contributed by atoms with Crippen LogP contribution in [0.5, 0.6) is 0 Å².